The molecule has 35 heavy (non-hydrogen) atoms. The second-order valence-corrected chi connectivity index (χ2v) is 11.9. The molecule has 5 heteroatoms. The molecule has 1 aliphatic rings. The third-order valence-corrected chi connectivity index (χ3v) is 7.08. The van der Waals surface area contributed by atoms with Crippen LogP contribution in [0.4, 0.5) is 0 Å². The van der Waals surface area contributed by atoms with E-state index in [1.807, 2.05) is 82.8 Å². The second-order valence-electron chi connectivity index (χ2n) is 11.9. The van der Waals surface area contributed by atoms with Gasteiger partial charge in [0.1, 0.15) is 17.3 Å². The van der Waals surface area contributed by atoms with Crippen LogP contribution >= 0.6 is 0 Å². The summed E-state index contributed by atoms with van der Waals surface area (Å²) in [5.74, 6) is 1.84. The first-order valence-corrected chi connectivity index (χ1v) is 12.7. The minimum atomic E-state index is -0.299. The first kappa shape index (κ1) is 26.8. The number of nitrogens with zero attached hydrogens (tertiary/aromatic N) is 1. The number of Topliss-reactive ketones (excluding diaryl/α,β-unsaturated/α-hetero) is 1. The van der Waals surface area contributed by atoms with E-state index in [-0.39, 0.29) is 34.8 Å². The van der Waals surface area contributed by atoms with Crippen molar-refractivity contribution in [1.29, 1.82) is 5.41 Å². The van der Waals surface area contributed by atoms with E-state index < -0.39 is 0 Å². The maximum atomic E-state index is 13.6. The first-order valence-electron chi connectivity index (χ1n) is 12.7. The van der Waals surface area contributed by atoms with Gasteiger partial charge in [-0.1, -0.05) is 67.0 Å². The molecule has 0 bridgehead atoms. The number of hydrogen-bond acceptors (Lipinski definition) is 4. The average Bonchev–Trinajstić information content (AvgIpc) is 3.07. The molecule has 2 aromatic carbocycles. The van der Waals surface area contributed by atoms with Crippen molar-refractivity contribution in [3.8, 4) is 11.5 Å². The molecule has 1 aliphatic heterocycles. The SMILES string of the molecule is CCCC1CN(CC(=O)c2cc(C(C)(C)C)c(O)c(C(C)(C)C)c2)C(=N)C1c1ccc(OC)cc1. The van der Waals surface area contributed by atoms with Gasteiger partial charge < -0.3 is 14.7 Å². The van der Waals surface area contributed by atoms with Gasteiger partial charge in [-0.3, -0.25) is 10.2 Å². The highest BCUT2D eigenvalue weighted by atomic mass is 16.5. The zero-order valence-corrected chi connectivity index (χ0v) is 22.7. The fourth-order valence-corrected chi connectivity index (χ4v) is 5.13. The number of methoxy groups -OCH3 is 1. The molecule has 190 valence electrons. The number of ether oxygens (including phenoxy) is 1. The number of carbonyl (C=O) groups is 1. The quantitative estimate of drug-likeness (QED) is 0.436. The van der Waals surface area contributed by atoms with Crippen molar-refractivity contribution in [2.24, 2.45) is 5.92 Å². The van der Waals surface area contributed by atoms with Crippen LogP contribution in [0, 0.1) is 11.3 Å². The van der Waals surface area contributed by atoms with Crippen molar-refractivity contribution in [3.05, 3.63) is 58.7 Å². The summed E-state index contributed by atoms with van der Waals surface area (Å²) in [6, 6.07) is 11.7. The fourth-order valence-electron chi connectivity index (χ4n) is 5.13. The highest BCUT2D eigenvalue weighted by Crippen LogP contribution is 2.41. The highest BCUT2D eigenvalue weighted by molar-refractivity contribution is 6.01. The number of benzene rings is 2. The summed E-state index contributed by atoms with van der Waals surface area (Å²) in [6.45, 7) is 15.3. The van der Waals surface area contributed by atoms with Gasteiger partial charge >= 0.3 is 0 Å². The van der Waals surface area contributed by atoms with E-state index in [0.717, 1.165) is 35.3 Å². The van der Waals surface area contributed by atoms with Crippen LogP contribution in [-0.4, -0.2) is 41.8 Å². The Kier molecular flexibility index (Phi) is 7.68. The first-order chi connectivity index (χ1) is 16.3. The summed E-state index contributed by atoms with van der Waals surface area (Å²) in [4.78, 5) is 15.5. The van der Waals surface area contributed by atoms with Crippen LogP contribution < -0.4 is 4.74 Å². The van der Waals surface area contributed by atoms with E-state index in [1.54, 1.807) is 7.11 Å². The summed E-state index contributed by atoms with van der Waals surface area (Å²) in [7, 11) is 1.65. The summed E-state index contributed by atoms with van der Waals surface area (Å²) < 4.78 is 5.30. The predicted molar refractivity (Wildman–Crippen MR) is 143 cm³/mol. The topological polar surface area (TPSA) is 73.6 Å². The Morgan fingerprint density at radius 1 is 1.06 bits per heavy atom. The molecular weight excluding hydrogens is 436 g/mol. The predicted octanol–water partition coefficient (Wildman–Crippen LogP) is 6.67. The van der Waals surface area contributed by atoms with Crippen LogP contribution in [-0.2, 0) is 10.8 Å². The maximum absolute atomic E-state index is 13.6. The number of hydrogen-bond donors (Lipinski definition) is 2. The van der Waals surface area contributed by atoms with E-state index in [2.05, 4.69) is 6.92 Å². The van der Waals surface area contributed by atoms with Crippen molar-refractivity contribution >= 4 is 11.6 Å². The lowest BCUT2D eigenvalue weighted by Gasteiger charge is -2.28. The molecule has 1 saturated heterocycles. The lowest BCUT2D eigenvalue weighted by Crippen LogP contribution is -2.32. The number of rotatable bonds is 7. The maximum Gasteiger partial charge on any atom is 0.182 e. The molecule has 0 aliphatic carbocycles. The standard InChI is InChI=1S/C30H42N2O3/c1-9-10-20-17-32(28(31)26(20)19-11-13-22(35-8)14-12-19)18-25(33)21-15-23(29(2,3)4)27(34)24(16-21)30(5,6)7/h11-16,20,26,31,34H,9-10,17-18H2,1-8H3. The Balaban J connectivity index is 1.92. The van der Waals surface area contributed by atoms with Gasteiger partial charge in [0.05, 0.1) is 13.7 Å². The largest absolute Gasteiger partial charge is 0.507 e. The van der Waals surface area contributed by atoms with Crippen LogP contribution in [0.2, 0.25) is 0 Å². The molecule has 0 aromatic heterocycles. The number of ketones is 1. The fraction of sp³-hybridized carbons (Fsp3) is 0.533. The minimum absolute atomic E-state index is 0.0172. The van der Waals surface area contributed by atoms with Crippen molar-refractivity contribution in [3.63, 3.8) is 0 Å². The van der Waals surface area contributed by atoms with Crippen LogP contribution in [0.15, 0.2) is 36.4 Å². The number of nitrogens with one attached hydrogen (secondary N) is 1. The lowest BCUT2D eigenvalue weighted by molar-refractivity contribution is 0.0963. The number of amidine groups is 1. The summed E-state index contributed by atoms with van der Waals surface area (Å²) in [5.41, 5.74) is 2.66. The zero-order valence-electron chi connectivity index (χ0n) is 22.7. The Morgan fingerprint density at radius 2 is 1.60 bits per heavy atom. The summed E-state index contributed by atoms with van der Waals surface area (Å²) >= 11 is 0. The summed E-state index contributed by atoms with van der Waals surface area (Å²) in [5, 5.41) is 20.0. The van der Waals surface area contributed by atoms with Gasteiger partial charge in [-0.25, -0.2) is 0 Å². The highest BCUT2D eigenvalue weighted by Gasteiger charge is 2.39. The van der Waals surface area contributed by atoms with Gasteiger partial charge in [0.25, 0.3) is 0 Å². The Morgan fingerprint density at radius 3 is 2.06 bits per heavy atom. The van der Waals surface area contributed by atoms with Crippen molar-refractivity contribution < 1.29 is 14.6 Å². The second kappa shape index (κ2) is 10.0. The molecule has 2 atom stereocenters. The molecule has 0 saturated carbocycles. The Hall–Kier alpha value is -2.82. The molecule has 2 unspecified atom stereocenters. The third-order valence-electron chi connectivity index (χ3n) is 7.08. The Labute approximate surface area is 211 Å². The van der Waals surface area contributed by atoms with Crippen molar-refractivity contribution in [1.82, 2.24) is 4.90 Å². The monoisotopic (exact) mass is 478 g/mol. The molecule has 3 rings (SSSR count). The van der Waals surface area contributed by atoms with Gasteiger partial charge in [-0.2, -0.15) is 0 Å². The Bertz CT molecular complexity index is 1040. The minimum Gasteiger partial charge on any atom is -0.507 e. The lowest BCUT2D eigenvalue weighted by atomic mass is 9.78. The van der Waals surface area contributed by atoms with Crippen molar-refractivity contribution in [2.45, 2.75) is 78.1 Å². The van der Waals surface area contributed by atoms with E-state index in [1.165, 1.54) is 0 Å². The zero-order chi connectivity index (χ0) is 26.1. The number of phenolic OH excluding ortho intramolecular Hbond substituents is 1. The summed E-state index contributed by atoms with van der Waals surface area (Å²) in [6.07, 6.45) is 2.04. The number of carbonyl (C=O) groups excluding carboxylic acids is 1. The van der Waals surface area contributed by atoms with Crippen LogP contribution in [0.25, 0.3) is 0 Å². The molecule has 2 N–H and O–H groups in total. The van der Waals surface area contributed by atoms with Gasteiger partial charge in [0, 0.05) is 29.2 Å². The van der Waals surface area contributed by atoms with E-state index in [4.69, 9.17) is 10.1 Å². The molecule has 0 spiro atoms. The molecule has 0 amide bonds. The van der Waals surface area contributed by atoms with Crippen LogP contribution in [0.1, 0.15) is 94.3 Å². The number of aromatic hydroxyl groups is 1. The van der Waals surface area contributed by atoms with Crippen molar-refractivity contribution in [2.75, 3.05) is 20.2 Å². The average molecular weight is 479 g/mol. The van der Waals surface area contributed by atoms with Gasteiger partial charge in [-0.15, -0.1) is 0 Å². The van der Waals surface area contributed by atoms with Gasteiger partial charge in [0.15, 0.2) is 5.78 Å². The normalized spacial score (nSPS) is 18.7. The molecule has 2 aromatic rings. The molecule has 1 heterocycles. The van der Waals surface area contributed by atoms with E-state index >= 15 is 0 Å². The van der Waals surface area contributed by atoms with Gasteiger partial charge in [0.2, 0.25) is 0 Å². The van der Waals surface area contributed by atoms with Crippen LogP contribution in [0.3, 0.4) is 0 Å². The third kappa shape index (κ3) is 5.71. The van der Waals surface area contributed by atoms with Crippen LogP contribution in [0.5, 0.6) is 11.5 Å². The van der Waals surface area contributed by atoms with E-state index in [9.17, 15) is 9.90 Å². The number of likely N-dealkylation sites (tertiary alicyclic amines) is 1. The molecular formula is C30H42N2O3. The number of phenols is 1. The molecule has 5 nitrogen and oxygen atoms in total. The molecule has 1 fully saturated rings. The molecule has 0 radical (unpaired) electrons. The van der Waals surface area contributed by atoms with Gasteiger partial charge in [-0.05, 0) is 53.0 Å². The van der Waals surface area contributed by atoms with E-state index in [0.29, 0.717) is 23.9 Å². The smallest absolute Gasteiger partial charge is 0.182 e.